The largest absolute Gasteiger partial charge is 0.490 e. The quantitative estimate of drug-likeness (QED) is 0.512. The maximum atomic E-state index is 12.4. The van der Waals surface area contributed by atoms with Crippen molar-refractivity contribution in [3.05, 3.63) is 56.9 Å². The van der Waals surface area contributed by atoms with Crippen LogP contribution in [0.5, 0.6) is 11.5 Å². The van der Waals surface area contributed by atoms with Crippen molar-refractivity contribution in [3.63, 3.8) is 0 Å². The van der Waals surface area contributed by atoms with Crippen LogP contribution in [0.1, 0.15) is 31.4 Å². The summed E-state index contributed by atoms with van der Waals surface area (Å²) in [6.07, 6.45) is 2.74. The lowest BCUT2D eigenvalue weighted by molar-refractivity contribution is -0.115. The van der Waals surface area contributed by atoms with Gasteiger partial charge in [-0.3, -0.25) is 4.79 Å². The first-order valence-corrected chi connectivity index (χ1v) is 11.1. The van der Waals surface area contributed by atoms with E-state index >= 15 is 0 Å². The van der Waals surface area contributed by atoms with E-state index in [1.807, 2.05) is 56.3 Å². The SMILES string of the molecule is CCCOc1c(Br)cc(/C=C2/SC(=Nc3ccccc3C)NC2=O)cc1OCC. The van der Waals surface area contributed by atoms with Gasteiger partial charge in [0.1, 0.15) is 0 Å². The van der Waals surface area contributed by atoms with Crippen LogP contribution >= 0.6 is 27.7 Å². The average Bonchev–Trinajstić information content (AvgIpc) is 3.02. The van der Waals surface area contributed by atoms with Crippen LogP contribution in [0.2, 0.25) is 0 Å². The number of hydrogen-bond donors (Lipinski definition) is 1. The van der Waals surface area contributed by atoms with Gasteiger partial charge in [-0.2, -0.15) is 0 Å². The van der Waals surface area contributed by atoms with E-state index in [1.165, 1.54) is 11.8 Å². The number of carbonyl (C=O) groups excluding carboxylic acids is 1. The van der Waals surface area contributed by atoms with Gasteiger partial charge in [0.05, 0.1) is 28.3 Å². The highest BCUT2D eigenvalue weighted by Gasteiger charge is 2.24. The predicted octanol–water partition coefficient (Wildman–Crippen LogP) is 5.84. The Kier molecular flexibility index (Phi) is 7.39. The van der Waals surface area contributed by atoms with Gasteiger partial charge in [-0.15, -0.1) is 0 Å². The zero-order valence-electron chi connectivity index (χ0n) is 16.6. The number of aryl methyl sites for hydroxylation is 1. The highest BCUT2D eigenvalue weighted by atomic mass is 79.9. The van der Waals surface area contributed by atoms with Crippen LogP contribution in [-0.2, 0) is 4.79 Å². The Hall–Kier alpha value is -2.25. The molecule has 0 atom stereocenters. The van der Waals surface area contributed by atoms with E-state index in [2.05, 4.69) is 33.2 Å². The fourth-order valence-corrected chi connectivity index (χ4v) is 4.12. The molecule has 0 aromatic heterocycles. The van der Waals surface area contributed by atoms with Crippen molar-refractivity contribution in [3.8, 4) is 11.5 Å². The van der Waals surface area contributed by atoms with E-state index < -0.39 is 0 Å². The third-order valence-electron chi connectivity index (χ3n) is 4.07. The Morgan fingerprint density at radius 1 is 1.21 bits per heavy atom. The van der Waals surface area contributed by atoms with Crippen LogP contribution < -0.4 is 14.8 Å². The maximum Gasteiger partial charge on any atom is 0.264 e. The van der Waals surface area contributed by atoms with Gasteiger partial charge in [0, 0.05) is 0 Å². The van der Waals surface area contributed by atoms with E-state index in [4.69, 9.17) is 9.47 Å². The van der Waals surface area contributed by atoms with Crippen molar-refractivity contribution >= 4 is 50.5 Å². The first kappa shape index (κ1) is 21.5. The van der Waals surface area contributed by atoms with Gasteiger partial charge in [0.15, 0.2) is 16.7 Å². The molecular weight excluding hydrogens is 452 g/mol. The summed E-state index contributed by atoms with van der Waals surface area (Å²) in [5.74, 6) is 1.17. The van der Waals surface area contributed by atoms with Crippen LogP contribution in [0.3, 0.4) is 0 Å². The number of thioether (sulfide) groups is 1. The van der Waals surface area contributed by atoms with Gasteiger partial charge < -0.3 is 14.8 Å². The molecule has 152 valence electrons. The second-order valence-electron chi connectivity index (χ2n) is 6.38. The number of benzene rings is 2. The highest BCUT2D eigenvalue weighted by Crippen LogP contribution is 2.38. The zero-order valence-corrected chi connectivity index (χ0v) is 19.0. The average molecular weight is 475 g/mol. The lowest BCUT2D eigenvalue weighted by atomic mass is 10.2. The molecule has 2 aromatic rings. The second-order valence-corrected chi connectivity index (χ2v) is 8.26. The lowest BCUT2D eigenvalue weighted by Gasteiger charge is -2.14. The predicted molar refractivity (Wildman–Crippen MR) is 123 cm³/mol. The Labute approximate surface area is 183 Å². The molecule has 1 aliphatic heterocycles. The Balaban J connectivity index is 1.87. The van der Waals surface area contributed by atoms with Gasteiger partial charge >= 0.3 is 0 Å². The van der Waals surface area contributed by atoms with Gasteiger partial charge in [-0.05, 0) is 83.4 Å². The summed E-state index contributed by atoms with van der Waals surface area (Å²) in [6.45, 7) is 7.11. The molecule has 1 amide bonds. The lowest BCUT2D eigenvalue weighted by Crippen LogP contribution is -2.19. The van der Waals surface area contributed by atoms with E-state index in [1.54, 1.807) is 0 Å². The number of hydrogen-bond acceptors (Lipinski definition) is 5. The number of amidine groups is 1. The summed E-state index contributed by atoms with van der Waals surface area (Å²) in [7, 11) is 0. The summed E-state index contributed by atoms with van der Waals surface area (Å²) >= 11 is 4.88. The number of nitrogens with zero attached hydrogens (tertiary/aromatic N) is 1. The standard InChI is InChI=1S/C22H23BrN2O3S/c1-4-10-28-20-16(23)11-15(12-18(20)27-5-2)13-19-21(26)25-22(29-19)24-17-9-7-6-8-14(17)3/h6-9,11-13H,4-5,10H2,1-3H3,(H,24,25,26)/b19-13+. The molecule has 29 heavy (non-hydrogen) atoms. The molecular formula is C22H23BrN2O3S. The van der Waals surface area contributed by atoms with Crippen molar-refractivity contribution in [1.29, 1.82) is 0 Å². The number of carbonyl (C=O) groups is 1. The summed E-state index contributed by atoms with van der Waals surface area (Å²) in [6, 6.07) is 11.6. The monoisotopic (exact) mass is 474 g/mol. The fraction of sp³-hybridized carbons (Fsp3) is 0.273. The van der Waals surface area contributed by atoms with E-state index in [0.29, 0.717) is 34.8 Å². The molecule has 7 heteroatoms. The number of para-hydroxylation sites is 1. The van der Waals surface area contributed by atoms with E-state index in [-0.39, 0.29) is 5.91 Å². The topological polar surface area (TPSA) is 59.9 Å². The Morgan fingerprint density at radius 3 is 2.72 bits per heavy atom. The Bertz CT molecular complexity index is 973. The molecule has 0 unspecified atom stereocenters. The summed E-state index contributed by atoms with van der Waals surface area (Å²) in [5, 5.41) is 3.40. The van der Waals surface area contributed by atoms with E-state index in [9.17, 15) is 4.79 Å². The normalized spacial score (nSPS) is 16.3. The van der Waals surface area contributed by atoms with Crippen LogP contribution in [0, 0.1) is 6.92 Å². The smallest absolute Gasteiger partial charge is 0.264 e. The van der Waals surface area contributed by atoms with Crippen LogP contribution in [-0.4, -0.2) is 24.3 Å². The molecule has 1 saturated heterocycles. The molecule has 0 spiro atoms. The molecule has 1 fully saturated rings. The molecule has 1 aliphatic rings. The molecule has 5 nitrogen and oxygen atoms in total. The fourth-order valence-electron chi connectivity index (χ4n) is 2.71. The third-order valence-corrected chi connectivity index (χ3v) is 5.57. The van der Waals surface area contributed by atoms with Crippen molar-refractivity contribution in [2.75, 3.05) is 13.2 Å². The minimum absolute atomic E-state index is 0.164. The molecule has 2 aromatic carbocycles. The molecule has 3 rings (SSSR count). The third kappa shape index (κ3) is 5.42. The number of ether oxygens (including phenoxy) is 2. The van der Waals surface area contributed by atoms with Crippen LogP contribution in [0.4, 0.5) is 5.69 Å². The van der Waals surface area contributed by atoms with Crippen molar-refractivity contribution < 1.29 is 14.3 Å². The van der Waals surface area contributed by atoms with E-state index in [0.717, 1.165) is 27.7 Å². The number of rotatable bonds is 7. The molecule has 1 N–H and O–H groups in total. The Morgan fingerprint density at radius 2 is 2.00 bits per heavy atom. The maximum absolute atomic E-state index is 12.4. The van der Waals surface area contributed by atoms with Gasteiger partial charge in [0.2, 0.25) is 0 Å². The van der Waals surface area contributed by atoms with Crippen LogP contribution in [0.15, 0.2) is 50.8 Å². The summed E-state index contributed by atoms with van der Waals surface area (Å²) in [5.41, 5.74) is 2.74. The second kappa shape index (κ2) is 9.98. The minimum Gasteiger partial charge on any atom is -0.490 e. The first-order chi connectivity index (χ1) is 14.0. The van der Waals surface area contributed by atoms with Gasteiger partial charge in [-0.1, -0.05) is 25.1 Å². The minimum atomic E-state index is -0.164. The van der Waals surface area contributed by atoms with Gasteiger partial charge in [-0.25, -0.2) is 4.99 Å². The number of halogens is 1. The van der Waals surface area contributed by atoms with Gasteiger partial charge in [0.25, 0.3) is 5.91 Å². The molecule has 0 saturated carbocycles. The van der Waals surface area contributed by atoms with Crippen molar-refractivity contribution in [2.45, 2.75) is 27.2 Å². The summed E-state index contributed by atoms with van der Waals surface area (Å²) in [4.78, 5) is 17.6. The molecule has 0 radical (unpaired) electrons. The van der Waals surface area contributed by atoms with Crippen LogP contribution in [0.25, 0.3) is 6.08 Å². The molecule has 0 bridgehead atoms. The number of amides is 1. The number of nitrogens with one attached hydrogen (secondary N) is 1. The highest BCUT2D eigenvalue weighted by molar-refractivity contribution is 9.10. The molecule has 0 aliphatic carbocycles. The summed E-state index contributed by atoms with van der Waals surface area (Å²) < 4.78 is 12.4. The molecule has 1 heterocycles. The van der Waals surface area contributed by atoms with Crippen molar-refractivity contribution in [1.82, 2.24) is 5.32 Å². The first-order valence-electron chi connectivity index (χ1n) is 9.46. The zero-order chi connectivity index (χ0) is 20.8. The number of aliphatic imine (C=N–C) groups is 1. The van der Waals surface area contributed by atoms with Crippen molar-refractivity contribution in [2.24, 2.45) is 4.99 Å².